The van der Waals surface area contributed by atoms with Gasteiger partial charge in [-0.15, -0.1) is 0 Å². The molecule has 0 saturated carbocycles. The molecule has 4 amide bonds. The number of fused-ring (bicyclic) bond motifs is 2. The van der Waals surface area contributed by atoms with Crippen LogP contribution in [0.25, 0.3) is 10.9 Å². The zero-order valence-electron chi connectivity index (χ0n) is 25.2. The molecule has 2 aromatic carbocycles. The molecule has 9 nitrogen and oxygen atoms in total. The van der Waals surface area contributed by atoms with Gasteiger partial charge < -0.3 is 20.0 Å². The maximum atomic E-state index is 13.9. The third-order valence-electron chi connectivity index (χ3n) is 9.27. The number of pyridine rings is 1. The van der Waals surface area contributed by atoms with Gasteiger partial charge in [-0.05, 0) is 82.2 Å². The van der Waals surface area contributed by atoms with Crippen LogP contribution in [0.15, 0.2) is 54.7 Å². The summed E-state index contributed by atoms with van der Waals surface area (Å²) in [4.78, 5) is 52.7. The van der Waals surface area contributed by atoms with E-state index in [1.54, 1.807) is 24.9 Å². The molecular weight excluding hydrogens is 528 g/mol. The zero-order valence-corrected chi connectivity index (χ0v) is 25.2. The van der Waals surface area contributed by atoms with Crippen molar-refractivity contribution in [1.29, 1.82) is 0 Å². The molecule has 1 N–H and O–H groups in total. The van der Waals surface area contributed by atoms with Gasteiger partial charge in [-0.2, -0.15) is 0 Å². The van der Waals surface area contributed by atoms with Crippen molar-refractivity contribution < 1.29 is 14.4 Å². The maximum absolute atomic E-state index is 13.9. The number of imide groups is 1. The van der Waals surface area contributed by atoms with E-state index in [2.05, 4.69) is 36.1 Å². The summed E-state index contributed by atoms with van der Waals surface area (Å²) in [6.07, 6.45) is 3.79. The van der Waals surface area contributed by atoms with Crippen molar-refractivity contribution >= 4 is 40.1 Å². The van der Waals surface area contributed by atoms with E-state index in [4.69, 9.17) is 0 Å². The number of hydrogen-bond acceptors (Lipinski definition) is 6. The van der Waals surface area contributed by atoms with Crippen molar-refractivity contribution in [2.75, 3.05) is 43.0 Å². The second-order valence-corrected chi connectivity index (χ2v) is 13.1. The van der Waals surface area contributed by atoms with E-state index in [0.717, 1.165) is 53.6 Å². The molecule has 3 aliphatic rings. The van der Waals surface area contributed by atoms with Gasteiger partial charge in [-0.25, -0.2) is 9.69 Å². The van der Waals surface area contributed by atoms with Crippen molar-refractivity contribution in [1.82, 2.24) is 20.1 Å². The SMILES string of the molecule is CN1CCC(NCC(=O)N2CC(C)(C)c3ccc(N4C(=O)N(Cc5ccnc6ccccc56)C(C)(C)C4=O)cc32)CC1. The lowest BCUT2D eigenvalue weighted by Gasteiger charge is -2.30. The summed E-state index contributed by atoms with van der Waals surface area (Å²) in [5, 5.41) is 4.42. The number of carbonyl (C=O) groups excluding carboxylic acids is 3. The lowest BCUT2D eigenvalue weighted by molar-refractivity contribution is -0.123. The standard InChI is InChI=1S/C33H40N6O3/c1-32(2)21-37(29(40)19-35-23-13-16-36(5)17-14-23)28-18-24(10-11-26(28)32)39-30(41)33(3,4)38(31(39)42)20-22-12-15-34-27-9-7-6-8-25(22)27/h6-12,15,18,23,35H,13-14,16-17,19-21H2,1-5H3. The molecule has 3 aromatic rings. The Labute approximate surface area is 247 Å². The number of aromatic nitrogens is 1. The quantitative estimate of drug-likeness (QED) is 0.447. The number of nitrogens with one attached hydrogen (secondary N) is 1. The average Bonchev–Trinajstić information content (AvgIpc) is 3.33. The molecule has 9 heteroatoms. The van der Waals surface area contributed by atoms with Gasteiger partial charge in [0.1, 0.15) is 5.54 Å². The molecule has 0 unspecified atom stereocenters. The lowest BCUT2D eigenvalue weighted by atomic mass is 9.87. The molecule has 1 aromatic heterocycles. The average molecular weight is 569 g/mol. The molecule has 0 spiro atoms. The minimum atomic E-state index is -1.05. The maximum Gasteiger partial charge on any atom is 0.332 e. The second-order valence-electron chi connectivity index (χ2n) is 13.1. The van der Waals surface area contributed by atoms with E-state index in [1.165, 1.54) is 4.90 Å². The van der Waals surface area contributed by atoms with E-state index >= 15 is 0 Å². The smallest absolute Gasteiger partial charge is 0.310 e. The van der Waals surface area contributed by atoms with Crippen LogP contribution in [-0.2, 0) is 21.5 Å². The fraction of sp³-hybridized carbons (Fsp3) is 0.455. The van der Waals surface area contributed by atoms with E-state index in [1.807, 2.05) is 53.4 Å². The first-order valence-electron chi connectivity index (χ1n) is 14.8. The molecule has 2 saturated heterocycles. The molecule has 0 bridgehead atoms. The summed E-state index contributed by atoms with van der Waals surface area (Å²) in [6.45, 7) is 11.0. The summed E-state index contributed by atoms with van der Waals surface area (Å²) < 4.78 is 0. The number of amides is 4. The van der Waals surface area contributed by atoms with Crippen LogP contribution >= 0.6 is 0 Å². The monoisotopic (exact) mass is 568 g/mol. The van der Waals surface area contributed by atoms with Crippen molar-refractivity contribution in [3.63, 3.8) is 0 Å². The van der Waals surface area contributed by atoms with Gasteiger partial charge in [0.25, 0.3) is 5.91 Å². The van der Waals surface area contributed by atoms with Crippen molar-refractivity contribution in [3.8, 4) is 0 Å². The van der Waals surface area contributed by atoms with E-state index in [-0.39, 0.29) is 36.3 Å². The number of hydrogen-bond donors (Lipinski definition) is 1. The number of carbonyl (C=O) groups is 3. The molecule has 2 fully saturated rings. The Morgan fingerprint density at radius 1 is 1.02 bits per heavy atom. The minimum Gasteiger partial charge on any atom is -0.310 e. The number of rotatable bonds is 6. The summed E-state index contributed by atoms with van der Waals surface area (Å²) in [6, 6.07) is 15.3. The summed E-state index contributed by atoms with van der Waals surface area (Å²) in [5.74, 6) is -0.284. The molecule has 0 aliphatic carbocycles. The highest BCUT2D eigenvalue weighted by Crippen LogP contribution is 2.44. The fourth-order valence-corrected chi connectivity index (χ4v) is 6.57. The van der Waals surface area contributed by atoms with Crippen LogP contribution in [0, 0.1) is 0 Å². The molecule has 220 valence electrons. The first-order chi connectivity index (χ1) is 20.0. The summed E-state index contributed by atoms with van der Waals surface area (Å²) >= 11 is 0. The van der Waals surface area contributed by atoms with Gasteiger partial charge in [-0.1, -0.05) is 38.1 Å². The Hall–Kier alpha value is -3.82. The number of nitrogens with zero attached hydrogens (tertiary/aromatic N) is 5. The van der Waals surface area contributed by atoms with Gasteiger partial charge >= 0.3 is 6.03 Å². The Kier molecular flexibility index (Phi) is 7.06. The molecule has 6 rings (SSSR count). The Balaban J connectivity index is 1.26. The lowest BCUT2D eigenvalue weighted by Crippen LogP contribution is -2.46. The van der Waals surface area contributed by atoms with Crippen molar-refractivity contribution in [2.24, 2.45) is 0 Å². The number of para-hydroxylation sites is 1. The first kappa shape index (κ1) is 28.3. The van der Waals surface area contributed by atoms with Crippen LogP contribution in [0.3, 0.4) is 0 Å². The van der Waals surface area contributed by atoms with Crippen molar-refractivity contribution in [3.05, 3.63) is 65.9 Å². The molecule has 4 heterocycles. The fourth-order valence-electron chi connectivity index (χ4n) is 6.57. The molecule has 0 atom stereocenters. The zero-order chi connectivity index (χ0) is 29.8. The Morgan fingerprint density at radius 2 is 1.76 bits per heavy atom. The largest absolute Gasteiger partial charge is 0.332 e. The highest BCUT2D eigenvalue weighted by molar-refractivity contribution is 6.23. The summed E-state index contributed by atoms with van der Waals surface area (Å²) in [5.41, 5.74) is 2.77. The van der Waals surface area contributed by atoms with E-state index in [9.17, 15) is 14.4 Å². The Bertz CT molecular complexity index is 1550. The highest BCUT2D eigenvalue weighted by Gasteiger charge is 2.52. The minimum absolute atomic E-state index is 0.00324. The Morgan fingerprint density at radius 3 is 2.52 bits per heavy atom. The van der Waals surface area contributed by atoms with Crippen LogP contribution in [0.4, 0.5) is 16.2 Å². The van der Waals surface area contributed by atoms with Crippen molar-refractivity contribution in [2.45, 2.75) is 64.1 Å². The van der Waals surface area contributed by atoms with Crippen LogP contribution in [0.1, 0.15) is 51.7 Å². The van der Waals surface area contributed by atoms with Crippen LogP contribution in [-0.4, -0.2) is 77.4 Å². The van der Waals surface area contributed by atoms with Gasteiger partial charge in [0.05, 0.1) is 17.7 Å². The number of piperidine rings is 1. The van der Waals surface area contributed by atoms with Crippen LogP contribution in [0.2, 0.25) is 0 Å². The predicted octanol–water partition coefficient (Wildman–Crippen LogP) is 4.29. The summed E-state index contributed by atoms with van der Waals surface area (Å²) in [7, 11) is 2.12. The molecule has 0 radical (unpaired) electrons. The van der Waals surface area contributed by atoms with E-state index < -0.39 is 5.54 Å². The normalized spacial score (nSPS) is 20.5. The third kappa shape index (κ3) is 4.84. The number of likely N-dealkylation sites (tertiary alicyclic amines) is 1. The van der Waals surface area contributed by atoms with Crippen LogP contribution in [0.5, 0.6) is 0 Å². The predicted molar refractivity (Wildman–Crippen MR) is 165 cm³/mol. The molecule has 42 heavy (non-hydrogen) atoms. The third-order valence-corrected chi connectivity index (χ3v) is 9.27. The van der Waals surface area contributed by atoms with Gasteiger partial charge in [-0.3, -0.25) is 14.6 Å². The van der Waals surface area contributed by atoms with Gasteiger partial charge in [0.2, 0.25) is 5.91 Å². The first-order valence-corrected chi connectivity index (χ1v) is 14.8. The van der Waals surface area contributed by atoms with Gasteiger partial charge in [0.15, 0.2) is 0 Å². The molecule has 3 aliphatic heterocycles. The molecular formula is C33H40N6O3. The number of urea groups is 1. The number of benzene rings is 2. The van der Waals surface area contributed by atoms with Crippen LogP contribution < -0.4 is 15.1 Å². The second kappa shape index (κ2) is 10.5. The number of anilines is 2. The topological polar surface area (TPSA) is 89.1 Å². The van der Waals surface area contributed by atoms with E-state index in [0.29, 0.717) is 18.3 Å². The highest BCUT2D eigenvalue weighted by atomic mass is 16.2. The van der Waals surface area contributed by atoms with Gasteiger partial charge in [0, 0.05) is 41.8 Å².